The van der Waals surface area contributed by atoms with Crippen LogP contribution in [0, 0.1) is 5.92 Å². The highest BCUT2D eigenvalue weighted by molar-refractivity contribution is 9.10. The Labute approximate surface area is 188 Å². The summed E-state index contributed by atoms with van der Waals surface area (Å²) in [5, 5.41) is 3.34. The molecule has 0 saturated heterocycles. The van der Waals surface area contributed by atoms with E-state index in [0.717, 1.165) is 0 Å². The van der Waals surface area contributed by atoms with Crippen molar-refractivity contribution in [1.82, 2.24) is 0 Å². The molecule has 1 N–H and O–H groups in total. The molecule has 0 aliphatic heterocycles. The molecule has 2 aromatic rings. The molecular formula is C21H22BrCl2NO4. The largest absolute Gasteiger partial charge is 0.454 e. The first-order valence-electron chi connectivity index (χ1n) is 9.17. The maximum Gasteiger partial charge on any atom is 0.310 e. The molecule has 0 heterocycles. The summed E-state index contributed by atoms with van der Waals surface area (Å²) in [6, 6.07) is 6.66. The second-order valence-electron chi connectivity index (χ2n) is 6.55. The van der Waals surface area contributed by atoms with Crippen molar-refractivity contribution < 1.29 is 19.1 Å². The lowest BCUT2D eigenvalue weighted by molar-refractivity contribution is -0.134. The average Bonchev–Trinajstić information content (AvgIpc) is 2.67. The van der Waals surface area contributed by atoms with E-state index in [9.17, 15) is 9.59 Å². The summed E-state index contributed by atoms with van der Waals surface area (Å²) in [6.07, 6.45) is 0.771. The number of ether oxygens (including phenoxy) is 2. The Bertz CT molecular complexity index is 931. The van der Waals surface area contributed by atoms with Crippen LogP contribution in [0.2, 0.25) is 10.0 Å². The van der Waals surface area contributed by atoms with Crippen LogP contribution in [0.3, 0.4) is 0 Å². The molecule has 5 nitrogen and oxygen atoms in total. The zero-order chi connectivity index (χ0) is 21.7. The van der Waals surface area contributed by atoms with E-state index in [0.29, 0.717) is 33.6 Å². The van der Waals surface area contributed by atoms with Crippen molar-refractivity contribution >= 4 is 56.7 Å². The van der Waals surface area contributed by atoms with Crippen molar-refractivity contribution in [2.45, 2.75) is 40.5 Å². The second-order valence-corrected chi connectivity index (χ2v) is 8.19. The van der Waals surface area contributed by atoms with Gasteiger partial charge in [-0.3, -0.25) is 9.59 Å². The van der Waals surface area contributed by atoms with E-state index in [4.69, 9.17) is 32.7 Å². The number of carbonyl (C=O) groups excluding carboxylic acids is 2. The Hall–Kier alpha value is -1.76. The van der Waals surface area contributed by atoms with Crippen LogP contribution in [0.4, 0.5) is 5.69 Å². The van der Waals surface area contributed by atoms with Gasteiger partial charge in [0.25, 0.3) is 0 Å². The monoisotopic (exact) mass is 501 g/mol. The average molecular weight is 503 g/mol. The van der Waals surface area contributed by atoms with Gasteiger partial charge in [-0.2, -0.15) is 0 Å². The highest BCUT2D eigenvalue weighted by atomic mass is 79.9. The molecule has 0 spiro atoms. The second kappa shape index (κ2) is 10.3. The van der Waals surface area contributed by atoms with Crippen LogP contribution in [0.5, 0.6) is 17.2 Å². The lowest BCUT2D eigenvalue weighted by atomic mass is 10.1. The van der Waals surface area contributed by atoms with E-state index in [1.54, 1.807) is 25.1 Å². The predicted octanol–water partition coefficient (Wildman–Crippen LogP) is 7.02. The molecule has 0 bridgehead atoms. The number of esters is 1. The first-order chi connectivity index (χ1) is 13.7. The van der Waals surface area contributed by atoms with Gasteiger partial charge in [0.1, 0.15) is 11.5 Å². The number of hydrogen-bond acceptors (Lipinski definition) is 4. The molecule has 2 aromatic carbocycles. The molecule has 0 atom stereocenters. The van der Waals surface area contributed by atoms with Crippen molar-refractivity contribution in [1.29, 1.82) is 0 Å². The topological polar surface area (TPSA) is 64.6 Å². The van der Waals surface area contributed by atoms with E-state index >= 15 is 0 Å². The minimum atomic E-state index is -0.372. The molecule has 156 valence electrons. The Balaban J connectivity index is 2.33. The van der Waals surface area contributed by atoms with E-state index in [2.05, 4.69) is 21.2 Å². The van der Waals surface area contributed by atoms with Crippen molar-refractivity contribution in [2.75, 3.05) is 5.32 Å². The van der Waals surface area contributed by atoms with E-state index in [-0.39, 0.29) is 40.0 Å². The van der Waals surface area contributed by atoms with Crippen LogP contribution in [-0.2, 0) is 16.0 Å². The van der Waals surface area contributed by atoms with E-state index < -0.39 is 0 Å². The molecule has 0 aliphatic carbocycles. The third kappa shape index (κ3) is 5.87. The number of carbonyl (C=O) groups is 2. The first kappa shape index (κ1) is 23.5. The summed E-state index contributed by atoms with van der Waals surface area (Å²) in [7, 11) is 0. The van der Waals surface area contributed by atoms with Gasteiger partial charge in [-0.05, 0) is 40.5 Å². The van der Waals surface area contributed by atoms with Crippen molar-refractivity contribution in [3.05, 3.63) is 44.3 Å². The summed E-state index contributed by atoms with van der Waals surface area (Å²) in [5.41, 5.74) is 1.26. The van der Waals surface area contributed by atoms with Gasteiger partial charge in [0, 0.05) is 28.4 Å². The van der Waals surface area contributed by atoms with Crippen LogP contribution in [0.1, 0.15) is 39.7 Å². The Morgan fingerprint density at radius 1 is 1.17 bits per heavy atom. The number of benzene rings is 2. The van der Waals surface area contributed by atoms with Crippen molar-refractivity contribution in [2.24, 2.45) is 5.92 Å². The SMILES string of the molecule is CCC(=O)Oc1cc(Cl)c(Oc2ccc(NC(=O)C(C)C)c(Br)c2)c(Cl)c1CC. The fourth-order valence-corrected chi connectivity index (χ4v) is 3.49. The lowest BCUT2D eigenvalue weighted by Gasteiger charge is -2.17. The van der Waals surface area contributed by atoms with Crippen LogP contribution < -0.4 is 14.8 Å². The maximum absolute atomic E-state index is 11.9. The van der Waals surface area contributed by atoms with E-state index in [1.165, 1.54) is 6.07 Å². The Morgan fingerprint density at radius 2 is 1.86 bits per heavy atom. The fraction of sp³-hybridized carbons (Fsp3) is 0.333. The fourth-order valence-electron chi connectivity index (χ4n) is 2.38. The maximum atomic E-state index is 11.9. The normalized spacial score (nSPS) is 10.8. The van der Waals surface area contributed by atoms with Gasteiger partial charge < -0.3 is 14.8 Å². The molecule has 2 rings (SSSR count). The highest BCUT2D eigenvalue weighted by Gasteiger charge is 2.20. The zero-order valence-electron chi connectivity index (χ0n) is 16.6. The molecule has 0 aliphatic rings. The van der Waals surface area contributed by atoms with Gasteiger partial charge in [0.2, 0.25) is 5.91 Å². The number of halogens is 3. The molecule has 0 fully saturated rings. The number of nitrogens with one attached hydrogen (secondary N) is 1. The third-order valence-electron chi connectivity index (χ3n) is 4.05. The third-order valence-corrected chi connectivity index (χ3v) is 5.38. The minimum Gasteiger partial charge on any atom is -0.454 e. The highest BCUT2D eigenvalue weighted by Crippen LogP contribution is 2.44. The van der Waals surface area contributed by atoms with Gasteiger partial charge in [-0.15, -0.1) is 0 Å². The smallest absolute Gasteiger partial charge is 0.310 e. The molecule has 29 heavy (non-hydrogen) atoms. The minimum absolute atomic E-state index is 0.0877. The standard InChI is InChI=1S/C21H22BrCl2NO4/c1-5-13-17(29-18(26)6-2)10-15(23)20(19(13)24)28-12-7-8-16(14(22)9-12)25-21(27)11(3)4/h7-11H,5-6H2,1-4H3,(H,25,27). The number of amides is 1. The molecule has 0 unspecified atom stereocenters. The zero-order valence-corrected chi connectivity index (χ0v) is 19.7. The summed E-state index contributed by atoms with van der Waals surface area (Å²) in [4.78, 5) is 23.6. The van der Waals surface area contributed by atoms with Gasteiger partial charge in [0.15, 0.2) is 5.75 Å². The summed E-state index contributed by atoms with van der Waals surface area (Å²) >= 11 is 16.3. The van der Waals surface area contributed by atoms with E-state index in [1.807, 2.05) is 20.8 Å². The van der Waals surface area contributed by atoms with Gasteiger partial charge >= 0.3 is 5.97 Å². The molecule has 0 radical (unpaired) electrons. The summed E-state index contributed by atoms with van der Waals surface area (Å²) in [5.74, 6) is 0.479. The molecule has 0 saturated carbocycles. The van der Waals surface area contributed by atoms with Gasteiger partial charge in [-0.25, -0.2) is 0 Å². The predicted molar refractivity (Wildman–Crippen MR) is 119 cm³/mol. The quantitative estimate of drug-likeness (QED) is 0.326. The van der Waals surface area contributed by atoms with Crippen molar-refractivity contribution in [3.8, 4) is 17.2 Å². The molecular weight excluding hydrogens is 481 g/mol. The Kier molecular flexibility index (Phi) is 8.37. The van der Waals surface area contributed by atoms with Crippen LogP contribution in [0.25, 0.3) is 0 Å². The van der Waals surface area contributed by atoms with Crippen LogP contribution >= 0.6 is 39.1 Å². The van der Waals surface area contributed by atoms with Crippen LogP contribution in [-0.4, -0.2) is 11.9 Å². The lowest BCUT2D eigenvalue weighted by Crippen LogP contribution is -2.17. The summed E-state index contributed by atoms with van der Waals surface area (Å²) in [6.45, 7) is 7.24. The van der Waals surface area contributed by atoms with Gasteiger partial charge in [0.05, 0.1) is 15.7 Å². The van der Waals surface area contributed by atoms with Crippen LogP contribution in [0.15, 0.2) is 28.7 Å². The van der Waals surface area contributed by atoms with Gasteiger partial charge in [-0.1, -0.05) is 50.9 Å². The number of rotatable bonds is 7. The van der Waals surface area contributed by atoms with Crippen molar-refractivity contribution in [3.63, 3.8) is 0 Å². The Morgan fingerprint density at radius 3 is 2.41 bits per heavy atom. The molecule has 1 amide bonds. The molecule has 8 heteroatoms. The molecule has 0 aromatic heterocycles. The number of anilines is 1. The summed E-state index contributed by atoms with van der Waals surface area (Å²) < 4.78 is 11.9. The number of hydrogen-bond donors (Lipinski definition) is 1. The first-order valence-corrected chi connectivity index (χ1v) is 10.7.